The monoisotopic (exact) mass is 346 g/mol. The van der Waals surface area contributed by atoms with Gasteiger partial charge in [-0.3, -0.25) is 14.4 Å². The Morgan fingerprint density at radius 1 is 1.04 bits per heavy atom. The second-order valence-corrected chi connectivity index (χ2v) is 6.17. The van der Waals surface area contributed by atoms with Crippen molar-refractivity contribution >= 4 is 17.8 Å². The minimum Gasteiger partial charge on any atom is -0.481 e. The molecule has 0 aromatic carbocycles. The predicted molar refractivity (Wildman–Crippen MR) is 83.1 cm³/mol. The lowest BCUT2D eigenvalue weighted by Gasteiger charge is -2.15. The van der Waals surface area contributed by atoms with Crippen LogP contribution >= 0.6 is 0 Å². The third-order valence-corrected chi connectivity index (χ3v) is 3.59. The van der Waals surface area contributed by atoms with Crippen molar-refractivity contribution in [2.45, 2.75) is 70.0 Å². The highest BCUT2D eigenvalue weighted by atomic mass is 16.5. The molecule has 1 aliphatic rings. The van der Waals surface area contributed by atoms with Crippen LogP contribution in [0.1, 0.15) is 39.5 Å². The Hall–Kier alpha value is -1.71. The van der Waals surface area contributed by atoms with Gasteiger partial charge in [-0.15, -0.1) is 0 Å². The molecule has 0 saturated carbocycles. The Bertz CT molecular complexity index is 455. The van der Waals surface area contributed by atoms with Crippen molar-refractivity contribution in [1.29, 1.82) is 0 Å². The number of nitrogens with one attached hydrogen (secondary N) is 2. The zero-order valence-corrected chi connectivity index (χ0v) is 13.9. The Kier molecular flexibility index (Phi) is 8.09. The first-order valence-corrected chi connectivity index (χ1v) is 8.00. The van der Waals surface area contributed by atoms with Crippen LogP contribution in [-0.2, 0) is 19.1 Å². The molecular formula is C15H26N2O7. The van der Waals surface area contributed by atoms with Gasteiger partial charge in [0.2, 0.25) is 11.8 Å². The summed E-state index contributed by atoms with van der Waals surface area (Å²) in [7, 11) is 0. The summed E-state index contributed by atoms with van der Waals surface area (Å²) in [6.07, 6.45) is -3.99. The second-order valence-electron chi connectivity index (χ2n) is 6.17. The molecule has 4 atom stereocenters. The molecule has 1 rings (SSSR count). The molecule has 1 saturated heterocycles. The molecule has 5 N–H and O–H groups in total. The fourth-order valence-electron chi connectivity index (χ4n) is 2.43. The number of aliphatic hydroxyl groups excluding tert-OH is 2. The number of carboxylic acid groups (broad SMARTS) is 1. The quantitative estimate of drug-likeness (QED) is 0.351. The molecule has 0 bridgehead atoms. The molecule has 0 aliphatic carbocycles. The largest absolute Gasteiger partial charge is 0.481 e. The predicted octanol–water partition coefficient (Wildman–Crippen LogP) is -1.24. The summed E-state index contributed by atoms with van der Waals surface area (Å²) in [4.78, 5) is 33.7. The van der Waals surface area contributed by atoms with Crippen LogP contribution in [0.3, 0.4) is 0 Å². The van der Waals surface area contributed by atoms with E-state index in [0.717, 1.165) is 0 Å². The smallest absolute Gasteiger partial charge is 0.303 e. The van der Waals surface area contributed by atoms with E-state index in [4.69, 9.17) is 9.84 Å². The molecule has 0 radical (unpaired) electrons. The molecule has 0 aromatic heterocycles. The van der Waals surface area contributed by atoms with Crippen molar-refractivity contribution in [2.24, 2.45) is 0 Å². The van der Waals surface area contributed by atoms with Crippen molar-refractivity contribution in [1.82, 2.24) is 10.6 Å². The van der Waals surface area contributed by atoms with Crippen LogP contribution in [0.2, 0.25) is 0 Å². The molecule has 1 fully saturated rings. The number of aliphatic hydroxyl groups is 2. The fourth-order valence-corrected chi connectivity index (χ4v) is 2.43. The van der Waals surface area contributed by atoms with Gasteiger partial charge < -0.3 is 30.7 Å². The van der Waals surface area contributed by atoms with Gasteiger partial charge in [-0.25, -0.2) is 0 Å². The summed E-state index contributed by atoms with van der Waals surface area (Å²) >= 11 is 0. The van der Waals surface area contributed by atoms with Crippen LogP contribution in [0.25, 0.3) is 0 Å². The van der Waals surface area contributed by atoms with Crippen molar-refractivity contribution in [3.05, 3.63) is 0 Å². The lowest BCUT2D eigenvalue weighted by atomic mass is 10.1. The van der Waals surface area contributed by atoms with Gasteiger partial charge in [-0.1, -0.05) is 0 Å². The summed E-state index contributed by atoms with van der Waals surface area (Å²) in [5.41, 5.74) is 0. The molecule has 4 unspecified atom stereocenters. The first kappa shape index (κ1) is 20.3. The maximum atomic E-state index is 11.7. The van der Waals surface area contributed by atoms with E-state index in [1.165, 1.54) is 0 Å². The lowest BCUT2D eigenvalue weighted by molar-refractivity contribution is -0.137. The number of hydrogen-bond donors (Lipinski definition) is 5. The highest BCUT2D eigenvalue weighted by molar-refractivity contribution is 5.77. The summed E-state index contributed by atoms with van der Waals surface area (Å²) in [5.74, 6) is -1.62. The minimum atomic E-state index is -1.21. The van der Waals surface area contributed by atoms with E-state index in [1.807, 2.05) is 0 Å². The van der Waals surface area contributed by atoms with Gasteiger partial charge in [0.1, 0.15) is 18.3 Å². The van der Waals surface area contributed by atoms with Crippen LogP contribution < -0.4 is 10.6 Å². The van der Waals surface area contributed by atoms with E-state index in [9.17, 15) is 24.6 Å². The zero-order valence-electron chi connectivity index (χ0n) is 13.9. The van der Waals surface area contributed by atoms with Gasteiger partial charge in [-0.05, 0) is 20.3 Å². The number of rotatable bonds is 9. The number of ether oxygens (including phenoxy) is 1. The van der Waals surface area contributed by atoms with Gasteiger partial charge in [0.25, 0.3) is 0 Å². The van der Waals surface area contributed by atoms with Gasteiger partial charge in [0.15, 0.2) is 0 Å². The number of carbonyl (C=O) groups is 3. The van der Waals surface area contributed by atoms with Gasteiger partial charge in [-0.2, -0.15) is 0 Å². The van der Waals surface area contributed by atoms with E-state index in [2.05, 4.69) is 10.6 Å². The van der Waals surface area contributed by atoms with Gasteiger partial charge >= 0.3 is 5.97 Å². The summed E-state index contributed by atoms with van der Waals surface area (Å²) in [6, 6.07) is -0.0399. The minimum absolute atomic E-state index is 0.0214. The molecule has 0 aromatic rings. The van der Waals surface area contributed by atoms with Crippen LogP contribution in [0.4, 0.5) is 0 Å². The molecule has 24 heavy (non-hydrogen) atoms. The standard InChI is InChI=1S/C15H26N2O7/c1-8(2)17-12(19)6-9-14(22)15(23)10(24-9)7-16-11(18)4-3-5-13(20)21/h8-10,14-15,22-23H,3-7H2,1-2H3,(H,16,18)(H,17,19)(H,20,21). The van der Waals surface area contributed by atoms with Crippen molar-refractivity contribution < 1.29 is 34.4 Å². The summed E-state index contributed by atoms with van der Waals surface area (Å²) < 4.78 is 5.46. The van der Waals surface area contributed by atoms with E-state index in [-0.39, 0.29) is 50.1 Å². The molecule has 138 valence electrons. The fraction of sp³-hybridized carbons (Fsp3) is 0.800. The third-order valence-electron chi connectivity index (χ3n) is 3.59. The Morgan fingerprint density at radius 3 is 2.25 bits per heavy atom. The highest BCUT2D eigenvalue weighted by Crippen LogP contribution is 2.23. The van der Waals surface area contributed by atoms with Crippen molar-refractivity contribution in [3.8, 4) is 0 Å². The lowest BCUT2D eigenvalue weighted by Crippen LogP contribution is -2.40. The molecule has 9 heteroatoms. The Balaban J connectivity index is 2.37. The summed E-state index contributed by atoms with van der Waals surface area (Å²) in [5, 5.41) is 33.6. The number of carboxylic acids is 1. The average Bonchev–Trinajstić information content (AvgIpc) is 2.72. The third kappa shape index (κ3) is 6.81. The zero-order chi connectivity index (χ0) is 18.3. The molecule has 0 spiro atoms. The molecular weight excluding hydrogens is 320 g/mol. The number of hydrogen-bond acceptors (Lipinski definition) is 6. The second kappa shape index (κ2) is 9.55. The van der Waals surface area contributed by atoms with Crippen LogP contribution in [0.15, 0.2) is 0 Å². The Morgan fingerprint density at radius 2 is 1.67 bits per heavy atom. The molecule has 1 heterocycles. The number of carbonyl (C=O) groups excluding carboxylic acids is 2. The first-order chi connectivity index (χ1) is 11.2. The van der Waals surface area contributed by atoms with Crippen molar-refractivity contribution in [2.75, 3.05) is 6.54 Å². The average molecular weight is 346 g/mol. The van der Waals surface area contributed by atoms with E-state index < -0.39 is 30.4 Å². The van der Waals surface area contributed by atoms with E-state index in [0.29, 0.717) is 0 Å². The Labute approximate surface area is 140 Å². The maximum Gasteiger partial charge on any atom is 0.303 e. The SMILES string of the molecule is CC(C)NC(=O)CC1OC(CNC(=O)CCCC(=O)O)C(O)C1O. The van der Waals surface area contributed by atoms with Crippen LogP contribution in [0.5, 0.6) is 0 Å². The first-order valence-electron chi connectivity index (χ1n) is 8.00. The van der Waals surface area contributed by atoms with Gasteiger partial charge in [0, 0.05) is 25.4 Å². The number of amides is 2. The number of aliphatic carboxylic acids is 1. The normalized spacial score (nSPS) is 26.4. The molecule has 2 amide bonds. The van der Waals surface area contributed by atoms with Gasteiger partial charge in [0.05, 0.1) is 12.5 Å². The van der Waals surface area contributed by atoms with Crippen LogP contribution in [0, 0.1) is 0 Å². The highest BCUT2D eigenvalue weighted by Gasteiger charge is 2.43. The van der Waals surface area contributed by atoms with E-state index in [1.54, 1.807) is 13.8 Å². The maximum absolute atomic E-state index is 11.7. The molecule has 9 nitrogen and oxygen atoms in total. The summed E-state index contributed by atoms with van der Waals surface area (Å²) in [6.45, 7) is 3.59. The molecule has 1 aliphatic heterocycles. The van der Waals surface area contributed by atoms with E-state index >= 15 is 0 Å². The van der Waals surface area contributed by atoms with Crippen LogP contribution in [-0.4, -0.2) is 70.1 Å². The van der Waals surface area contributed by atoms with Crippen molar-refractivity contribution in [3.63, 3.8) is 0 Å². The topological polar surface area (TPSA) is 145 Å².